The first kappa shape index (κ1) is 12.8. The van der Waals surface area contributed by atoms with E-state index >= 15 is 0 Å². The van der Waals surface area contributed by atoms with Gasteiger partial charge in [0.05, 0.1) is 0 Å². The number of rotatable bonds is 3. The molecule has 0 saturated carbocycles. The van der Waals surface area contributed by atoms with Crippen molar-refractivity contribution in [1.29, 1.82) is 0 Å². The summed E-state index contributed by atoms with van der Waals surface area (Å²) in [6, 6.07) is 0. The molecule has 0 aromatic heterocycles. The number of ether oxygens (including phenoxy) is 1. The maximum atomic E-state index is 11.5. The lowest BCUT2D eigenvalue weighted by atomic mass is 9.85. The van der Waals surface area contributed by atoms with Crippen molar-refractivity contribution in [2.45, 2.75) is 40.0 Å². The first-order valence-electron chi connectivity index (χ1n) is 5.63. The zero-order chi connectivity index (χ0) is 12.3. The van der Waals surface area contributed by atoms with Crippen LogP contribution in [0.5, 0.6) is 0 Å². The normalized spacial score (nSPS) is 20.6. The summed E-state index contributed by atoms with van der Waals surface area (Å²) in [6.45, 7) is 13.3. The highest BCUT2D eigenvalue weighted by Crippen LogP contribution is 2.33. The van der Waals surface area contributed by atoms with Gasteiger partial charge >= 0.3 is 5.97 Å². The van der Waals surface area contributed by atoms with E-state index in [0.29, 0.717) is 11.5 Å². The highest BCUT2D eigenvalue weighted by molar-refractivity contribution is 5.87. The molecule has 88 valence electrons. The van der Waals surface area contributed by atoms with Gasteiger partial charge in [-0.1, -0.05) is 18.7 Å². The number of esters is 1. The van der Waals surface area contributed by atoms with Crippen LogP contribution in [0.4, 0.5) is 0 Å². The zero-order valence-electron chi connectivity index (χ0n) is 10.4. The Kier molecular flexibility index (Phi) is 4.11. The smallest absolute Gasteiger partial charge is 0.338 e. The minimum absolute atomic E-state index is 0.322. The van der Waals surface area contributed by atoms with Crippen molar-refractivity contribution < 1.29 is 9.53 Å². The van der Waals surface area contributed by atoms with Crippen molar-refractivity contribution >= 4 is 5.97 Å². The Morgan fingerprint density at radius 1 is 1.38 bits per heavy atom. The minimum atomic E-state index is -0.322. The van der Waals surface area contributed by atoms with Gasteiger partial charge in [-0.15, -0.1) is 0 Å². The van der Waals surface area contributed by atoms with Gasteiger partial charge in [0.2, 0.25) is 0 Å². The van der Waals surface area contributed by atoms with Gasteiger partial charge in [0, 0.05) is 12.0 Å². The number of carbonyl (C=O) groups excluding carboxylic acids is 1. The second-order valence-corrected chi connectivity index (χ2v) is 4.66. The molecule has 1 aliphatic rings. The standard InChI is InChI=1S/C14H20O2/c1-9(2)12-7-6-11(5)13(8-12)16-14(15)10(3)4/h12H,1,3,6-8H2,2,4-5H3/t12-/m1/s1. The van der Waals surface area contributed by atoms with Crippen molar-refractivity contribution in [2.24, 2.45) is 5.92 Å². The van der Waals surface area contributed by atoms with Crippen molar-refractivity contribution in [1.82, 2.24) is 0 Å². The van der Waals surface area contributed by atoms with Crippen molar-refractivity contribution in [3.05, 3.63) is 35.6 Å². The van der Waals surface area contributed by atoms with E-state index in [4.69, 9.17) is 4.74 Å². The second-order valence-electron chi connectivity index (χ2n) is 4.66. The summed E-state index contributed by atoms with van der Waals surface area (Å²) in [5, 5.41) is 0. The Hall–Kier alpha value is -1.31. The molecule has 16 heavy (non-hydrogen) atoms. The molecule has 0 radical (unpaired) electrons. The summed E-state index contributed by atoms with van der Waals surface area (Å²) in [4.78, 5) is 11.5. The molecule has 2 nitrogen and oxygen atoms in total. The molecule has 0 aromatic rings. The van der Waals surface area contributed by atoms with E-state index < -0.39 is 0 Å². The average Bonchev–Trinajstić information content (AvgIpc) is 2.20. The second kappa shape index (κ2) is 5.15. The number of allylic oxidation sites excluding steroid dienone is 3. The molecule has 0 saturated heterocycles. The molecule has 0 aromatic carbocycles. The minimum Gasteiger partial charge on any atom is -0.428 e. The SMILES string of the molecule is C=C(C)C(=O)OC1=C(C)CC[C@@H](C(=C)C)C1. The maximum absolute atomic E-state index is 11.5. The average molecular weight is 220 g/mol. The Bertz CT molecular complexity index is 361. The van der Waals surface area contributed by atoms with Gasteiger partial charge in [-0.2, -0.15) is 0 Å². The molecule has 0 heterocycles. The molecule has 0 spiro atoms. The van der Waals surface area contributed by atoms with Gasteiger partial charge in [-0.25, -0.2) is 4.79 Å². The predicted octanol–water partition coefficient (Wildman–Crippen LogP) is 3.76. The molecule has 0 aliphatic heterocycles. The summed E-state index contributed by atoms with van der Waals surface area (Å²) in [6.07, 6.45) is 2.88. The third-order valence-corrected chi connectivity index (χ3v) is 3.04. The number of hydrogen-bond acceptors (Lipinski definition) is 2. The Balaban J connectivity index is 2.74. The van der Waals surface area contributed by atoms with Crippen LogP contribution in [-0.4, -0.2) is 5.97 Å². The van der Waals surface area contributed by atoms with Gasteiger partial charge in [-0.05, 0) is 45.1 Å². The third kappa shape index (κ3) is 3.09. The van der Waals surface area contributed by atoms with Crippen molar-refractivity contribution in [3.8, 4) is 0 Å². The molecule has 1 atom stereocenters. The third-order valence-electron chi connectivity index (χ3n) is 3.04. The van der Waals surface area contributed by atoms with Crippen LogP contribution in [0.1, 0.15) is 40.0 Å². The first-order valence-corrected chi connectivity index (χ1v) is 5.63. The lowest BCUT2D eigenvalue weighted by Gasteiger charge is -2.25. The van der Waals surface area contributed by atoms with Crippen LogP contribution in [0, 0.1) is 5.92 Å². The van der Waals surface area contributed by atoms with Crippen molar-refractivity contribution in [3.63, 3.8) is 0 Å². The van der Waals surface area contributed by atoms with Crippen LogP contribution in [-0.2, 0) is 9.53 Å². The van der Waals surface area contributed by atoms with Gasteiger partial charge in [0.25, 0.3) is 0 Å². The summed E-state index contributed by atoms with van der Waals surface area (Å²) >= 11 is 0. The van der Waals surface area contributed by atoms with Crippen LogP contribution < -0.4 is 0 Å². The molecule has 0 N–H and O–H groups in total. The Morgan fingerprint density at radius 3 is 2.50 bits per heavy atom. The van der Waals surface area contributed by atoms with Gasteiger partial charge in [-0.3, -0.25) is 0 Å². The van der Waals surface area contributed by atoms with E-state index in [9.17, 15) is 4.79 Å². The van der Waals surface area contributed by atoms with Crippen LogP contribution >= 0.6 is 0 Å². The lowest BCUT2D eigenvalue weighted by Crippen LogP contribution is -2.15. The Morgan fingerprint density at radius 2 is 2.00 bits per heavy atom. The number of carbonyl (C=O) groups is 1. The highest BCUT2D eigenvalue weighted by Gasteiger charge is 2.22. The molecule has 1 rings (SSSR count). The fourth-order valence-corrected chi connectivity index (χ4v) is 1.78. The van der Waals surface area contributed by atoms with Crippen LogP contribution in [0.2, 0.25) is 0 Å². The van der Waals surface area contributed by atoms with Gasteiger partial charge in [0.1, 0.15) is 5.76 Å². The summed E-state index contributed by atoms with van der Waals surface area (Å²) in [7, 11) is 0. The number of hydrogen-bond donors (Lipinski definition) is 0. The molecule has 0 fully saturated rings. The van der Waals surface area contributed by atoms with E-state index in [-0.39, 0.29) is 5.97 Å². The first-order chi connectivity index (χ1) is 7.41. The van der Waals surface area contributed by atoms with E-state index in [2.05, 4.69) is 13.2 Å². The molecule has 0 amide bonds. The zero-order valence-corrected chi connectivity index (χ0v) is 10.4. The van der Waals surface area contributed by atoms with Crippen LogP contribution in [0.3, 0.4) is 0 Å². The van der Waals surface area contributed by atoms with E-state index in [1.165, 1.54) is 5.57 Å². The summed E-state index contributed by atoms with van der Waals surface area (Å²) in [5.41, 5.74) is 2.78. The summed E-state index contributed by atoms with van der Waals surface area (Å²) in [5.74, 6) is 0.931. The van der Waals surface area contributed by atoms with E-state index in [1.807, 2.05) is 13.8 Å². The molecular formula is C14H20O2. The fraction of sp³-hybridized carbons (Fsp3) is 0.500. The summed E-state index contributed by atoms with van der Waals surface area (Å²) < 4.78 is 5.35. The van der Waals surface area contributed by atoms with Gasteiger partial charge < -0.3 is 4.74 Å². The van der Waals surface area contributed by atoms with Crippen LogP contribution in [0.25, 0.3) is 0 Å². The maximum Gasteiger partial charge on any atom is 0.338 e. The van der Waals surface area contributed by atoms with Gasteiger partial charge in [0.15, 0.2) is 0 Å². The molecule has 1 aliphatic carbocycles. The fourth-order valence-electron chi connectivity index (χ4n) is 1.78. The topological polar surface area (TPSA) is 26.3 Å². The predicted molar refractivity (Wildman–Crippen MR) is 65.8 cm³/mol. The van der Waals surface area contributed by atoms with Crippen molar-refractivity contribution in [2.75, 3.05) is 0 Å². The molecular weight excluding hydrogens is 200 g/mol. The monoisotopic (exact) mass is 220 g/mol. The quantitative estimate of drug-likeness (QED) is 0.411. The largest absolute Gasteiger partial charge is 0.428 e. The molecule has 0 bridgehead atoms. The highest BCUT2D eigenvalue weighted by atomic mass is 16.5. The molecule has 2 heteroatoms. The van der Waals surface area contributed by atoms with E-state index in [1.54, 1.807) is 6.92 Å². The van der Waals surface area contributed by atoms with E-state index in [0.717, 1.165) is 30.6 Å². The lowest BCUT2D eigenvalue weighted by molar-refractivity contribution is -0.135. The van der Waals surface area contributed by atoms with Crippen LogP contribution in [0.15, 0.2) is 35.6 Å². The Labute approximate surface area is 97.7 Å². The molecule has 0 unspecified atom stereocenters.